The Morgan fingerprint density at radius 2 is 1.71 bits per heavy atom. The molecule has 1 fully saturated rings. The lowest BCUT2D eigenvalue weighted by atomic mass is 10.1. The van der Waals surface area contributed by atoms with Gasteiger partial charge in [-0.25, -0.2) is 8.42 Å². The first-order chi connectivity index (χ1) is 14.7. The molecular weight excluding hydrogens is 412 g/mol. The van der Waals surface area contributed by atoms with Crippen LogP contribution in [0.2, 0.25) is 0 Å². The van der Waals surface area contributed by atoms with Crippen molar-refractivity contribution in [2.45, 2.75) is 38.0 Å². The van der Waals surface area contributed by atoms with Crippen LogP contribution < -0.4 is 9.04 Å². The number of nitrogens with zero attached hydrogens (tertiary/aromatic N) is 2. The Kier molecular flexibility index (Phi) is 7.05. The highest BCUT2D eigenvalue weighted by molar-refractivity contribution is 7.92. The third-order valence-electron chi connectivity index (χ3n) is 5.78. The highest BCUT2D eigenvalue weighted by atomic mass is 32.2. The lowest BCUT2D eigenvalue weighted by molar-refractivity contribution is -0.131. The van der Waals surface area contributed by atoms with Crippen molar-refractivity contribution < 1.29 is 17.9 Å². The highest BCUT2D eigenvalue weighted by Crippen LogP contribution is 2.27. The summed E-state index contributed by atoms with van der Waals surface area (Å²) in [4.78, 5) is 14.8. The quantitative estimate of drug-likeness (QED) is 0.606. The second-order valence-electron chi connectivity index (χ2n) is 7.90. The first-order valence-corrected chi connectivity index (χ1v) is 11.8. The van der Waals surface area contributed by atoms with Crippen LogP contribution in [0.5, 0.6) is 5.75 Å². The average molecular weight is 443 g/mol. The van der Waals surface area contributed by atoms with Crippen molar-refractivity contribution in [3.05, 3.63) is 65.7 Å². The Morgan fingerprint density at radius 1 is 1.06 bits per heavy atom. The zero-order chi connectivity index (χ0) is 22.6. The van der Waals surface area contributed by atoms with E-state index in [9.17, 15) is 13.2 Å². The molecule has 0 saturated carbocycles. The first kappa shape index (κ1) is 22.9. The van der Waals surface area contributed by atoms with Gasteiger partial charge in [-0.1, -0.05) is 18.2 Å². The van der Waals surface area contributed by atoms with Crippen LogP contribution in [0.3, 0.4) is 0 Å². The zero-order valence-corrected chi connectivity index (χ0v) is 19.2. The molecule has 1 heterocycles. The van der Waals surface area contributed by atoms with Gasteiger partial charge in [-0.15, -0.1) is 0 Å². The number of likely N-dealkylation sites (tertiary alicyclic amines) is 1. The van der Waals surface area contributed by atoms with E-state index < -0.39 is 10.0 Å². The van der Waals surface area contributed by atoms with Crippen LogP contribution in [0.1, 0.15) is 30.4 Å². The van der Waals surface area contributed by atoms with Gasteiger partial charge in [0.05, 0.1) is 17.7 Å². The van der Waals surface area contributed by atoms with Gasteiger partial charge in [0.2, 0.25) is 5.91 Å². The molecule has 0 N–H and O–H groups in total. The average Bonchev–Trinajstić information content (AvgIpc) is 2.76. The largest absolute Gasteiger partial charge is 0.497 e. The molecule has 0 atom stereocenters. The maximum Gasteiger partial charge on any atom is 0.264 e. The Hall–Kier alpha value is -2.80. The molecule has 1 aliphatic heterocycles. The minimum atomic E-state index is -3.84. The van der Waals surface area contributed by atoms with Crippen molar-refractivity contribution in [2.24, 2.45) is 0 Å². The summed E-state index contributed by atoms with van der Waals surface area (Å²) < 4.78 is 33.6. The topological polar surface area (TPSA) is 66.9 Å². The van der Waals surface area contributed by atoms with Gasteiger partial charge < -0.3 is 9.64 Å². The molecule has 1 amide bonds. The number of aryl methyl sites for hydroxylation is 2. The molecule has 3 rings (SSSR count). The first-order valence-electron chi connectivity index (χ1n) is 10.4. The molecule has 0 radical (unpaired) electrons. The van der Waals surface area contributed by atoms with Crippen LogP contribution in [0.4, 0.5) is 5.69 Å². The van der Waals surface area contributed by atoms with Crippen molar-refractivity contribution in [3.8, 4) is 5.75 Å². The van der Waals surface area contributed by atoms with Gasteiger partial charge in [-0.05, 0) is 74.2 Å². The maximum absolute atomic E-state index is 13.5. The number of anilines is 1. The summed E-state index contributed by atoms with van der Waals surface area (Å²) in [7, 11) is -2.28. The number of piperidine rings is 1. The van der Waals surface area contributed by atoms with E-state index in [1.165, 1.54) is 4.31 Å². The standard InChI is InChI=1S/C24H30N2O4S/c1-18-11-14-25(15-12-18)24(27)13-16-26(21-6-8-22(30-4)9-7-21)31(28,29)23-10-5-19(2)20(3)17-23/h5-10,17H,1,11-16H2,2-4H3. The number of methoxy groups -OCH3 is 1. The lowest BCUT2D eigenvalue weighted by Crippen LogP contribution is -2.39. The van der Waals surface area contributed by atoms with Crippen molar-refractivity contribution in [1.29, 1.82) is 0 Å². The molecule has 1 aliphatic rings. The van der Waals surface area contributed by atoms with Gasteiger partial charge in [-0.2, -0.15) is 0 Å². The smallest absolute Gasteiger partial charge is 0.264 e. The second kappa shape index (κ2) is 9.56. The van der Waals surface area contributed by atoms with Crippen molar-refractivity contribution in [1.82, 2.24) is 4.90 Å². The molecule has 0 spiro atoms. The fourth-order valence-corrected chi connectivity index (χ4v) is 5.12. The van der Waals surface area contributed by atoms with Crippen molar-refractivity contribution in [3.63, 3.8) is 0 Å². The normalized spacial score (nSPS) is 14.4. The summed E-state index contributed by atoms with van der Waals surface area (Å²) in [6, 6.07) is 11.9. The number of benzene rings is 2. The SMILES string of the molecule is C=C1CCN(C(=O)CCN(c2ccc(OC)cc2)S(=O)(=O)c2ccc(C)c(C)c2)CC1. The molecule has 1 saturated heterocycles. The van der Waals surface area contributed by atoms with Crippen molar-refractivity contribution in [2.75, 3.05) is 31.0 Å². The van der Waals surface area contributed by atoms with Gasteiger partial charge in [-0.3, -0.25) is 9.10 Å². The fourth-order valence-electron chi connectivity index (χ4n) is 3.57. The predicted molar refractivity (Wildman–Crippen MR) is 123 cm³/mol. The number of carbonyl (C=O) groups is 1. The molecule has 2 aromatic rings. The zero-order valence-electron chi connectivity index (χ0n) is 18.4. The summed E-state index contributed by atoms with van der Waals surface area (Å²) in [5.41, 5.74) is 3.58. The molecule has 2 aromatic carbocycles. The fraction of sp³-hybridized carbons (Fsp3) is 0.375. The molecule has 31 heavy (non-hydrogen) atoms. The number of ether oxygens (including phenoxy) is 1. The van der Waals surface area contributed by atoms with E-state index in [-0.39, 0.29) is 23.8 Å². The molecule has 6 nitrogen and oxygen atoms in total. The summed E-state index contributed by atoms with van der Waals surface area (Å²) in [5.74, 6) is 0.596. The van der Waals surface area contributed by atoms with E-state index in [1.54, 1.807) is 54.5 Å². The maximum atomic E-state index is 13.5. The van der Waals surface area contributed by atoms with Crippen molar-refractivity contribution >= 4 is 21.6 Å². The van der Waals surface area contributed by atoms with Crippen LogP contribution in [0, 0.1) is 13.8 Å². The van der Waals surface area contributed by atoms with Gasteiger partial charge in [0.15, 0.2) is 0 Å². The summed E-state index contributed by atoms with van der Waals surface area (Å²) >= 11 is 0. The van der Waals surface area contributed by atoms with E-state index in [4.69, 9.17) is 4.74 Å². The molecule has 0 unspecified atom stereocenters. The van der Waals surface area contributed by atoms with Crippen LogP contribution in [-0.4, -0.2) is 46.0 Å². The van der Waals surface area contributed by atoms with Gasteiger partial charge in [0, 0.05) is 26.1 Å². The lowest BCUT2D eigenvalue weighted by Gasteiger charge is -2.30. The number of hydrogen-bond donors (Lipinski definition) is 0. The number of rotatable bonds is 7. The molecule has 0 aromatic heterocycles. The van der Waals surface area contributed by atoms with E-state index >= 15 is 0 Å². The third-order valence-corrected chi connectivity index (χ3v) is 7.60. The van der Waals surface area contributed by atoms with Gasteiger partial charge >= 0.3 is 0 Å². The van der Waals surface area contributed by atoms with Crippen LogP contribution >= 0.6 is 0 Å². The minimum absolute atomic E-state index is 0.0405. The number of amides is 1. The third kappa shape index (κ3) is 5.28. The Bertz CT molecular complexity index is 1050. The van der Waals surface area contributed by atoms with E-state index in [2.05, 4.69) is 6.58 Å². The van der Waals surface area contributed by atoms with E-state index in [1.807, 2.05) is 13.8 Å². The molecule has 0 bridgehead atoms. The summed E-state index contributed by atoms with van der Waals surface area (Å²) in [6.07, 6.45) is 1.71. The number of hydrogen-bond acceptors (Lipinski definition) is 4. The van der Waals surface area contributed by atoms with Crippen LogP contribution in [-0.2, 0) is 14.8 Å². The Morgan fingerprint density at radius 3 is 2.29 bits per heavy atom. The number of carbonyl (C=O) groups excluding carboxylic acids is 1. The van der Waals surface area contributed by atoms with Gasteiger partial charge in [0.25, 0.3) is 10.0 Å². The second-order valence-corrected chi connectivity index (χ2v) is 9.76. The van der Waals surface area contributed by atoms with Crippen LogP contribution in [0.15, 0.2) is 59.5 Å². The molecular formula is C24H30N2O4S. The molecule has 0 aliphatic carbocycles. The number of sulfonamides is 1. The molecule has 166 valence electrons. The Labute approximate surface area is 185 Å². The molecule has 7 heteroatoms. The van der Waals surface area contributed by atoms with Crippen LogP contribution in [0.25, 0.3) is 0 Å². The monoisotopic (exact) mass is 442 g/mol. The summed E-state index contributed by atoms with van der Waals surface area (Å²) in [5, 5.41) is 0. The van der Waals surface area contributed by atoms with E-state index in [0.717, 1.165) is 29.5 Å². The highest BCUT2D eigenvalue weighted by Gasteiger charge is 2.27. The Balaban J connectivity index is 1.87. The van der Waals surface area contributed by atoms with E-state index in [0.29, 0.717) is 24.5 Å². The van der Waals surface area contributed by atoms with Gasteiger partial charge in [0.1, 0.15) is 5.75 Å². The minimum Gasteiger partial charge on any atom is -0.497 e. The predicted octanol–water partition coefficient (Wildman–Crippen LogP) is 4.08. The summed E-state index contributed by atoms with van der Waals surface area (Å²) in [6.45, 7) is 9.16.